The highest BCUT2D eigenvalue weighted by Crippen LogP contribution is 2.40. The standard InChI is InChI=1S/C22H32O7/c1-14-18(15(2)20(24)25)28-21(4,5)29-19(14)22(6,13-26-16(3)23)27-12-17-10-8-7-9-11-17/h7-11,14-15,18-19H,12-13H2,1-6H3,(H,24,25)/t14-,15+,18-,19+,22+/m0/s1. The molecule has 1 saturated heterocycles. The van der Waals surface area contributed by atoms with Crippen molar-refractivity contribution in [1.82, 2.24) is 0 Å². The van der Waals surface area contributed by atoms with Crippen LogP contribution in [0.15, 0.2) is 30.3 Å². The minimum absolute atomic E-state index is 0.0194. The smallest absolute Gasteiger partial charge is 0.308 e. The van der Waals surface area contributed by atoms with Gasteiger partial charge in [-0.25, -0.2) is 0 Å². The Morgan fingerprint density at radius 2 is 1.86 bits per heavy atom. The normalized spacial score (nSPS) is 26.9. The molecule has 2 rings (SSSR count). The average molecular weight is 408 g/mol. The van der Waals surface area contributed by atoms with Gasteiger partial charge < -0.3 is 24.1 Å². The molecule has 0 saturated carbocycles. The molecule has 29 heavy (non-hydrogen) atoms. The molecule has 0 unspecified atom stereocenters. The van der Waals surface area contributed by atoms with Gasteiger partial charge in [-0.3, -0.25) is 9.59 Å². The van der Waals surface area contributed by atoms with Gasteiger partial charge in [0.15, 0.2) is 5.79 Å². The number of benzene rings is 1. The molecular weight excluding hydrogens is 376 g/mol. The van der Waals surface area contributed by atoms with E-state index in [1.807, 2.05) is 44.2 Å². The predicted octanol–water partition coefficient (Wildman–Crippen LogP) is 3.40. The van der Waals surface area contributed by atoms with Gasteiger partial charge in [0.1, 0.15) is 12.2 Å². The molecule has 162 valence electrons. The first-order valence-corrected chi connectivity index (χ1v) is 9.85. The van der Waals surface area contributed by atoms with Crippen LogP contribution >= 0.6 is 0 Å². The minimum atomic E-state index is -1.01. The van der Waals surface area contributed by atoms with E-state index in [0.29, 0.717) is 6.61 Å². The molecule has 7 heteroatoms. The van der Waals surface area contributed by atoms with Crippen LogP contribution in [0.5, 0.6) is 0 Å². The summed E-state index contributed by atoms with van der Waals surface area (Å²) in [6.07, 6.45) is -1.14. The third kappa shape index (κ3) is 6.01. The average Bonchev–Trinajstić information content (AvgIpc) is 2.66. The molecule has 0 aromatic heterocycles. The number of carboxylic acids is 1. The lowest BCUT2D eigenvalue weighted by atomic mass is 9.80. The van der Waals surface area contributed by atoms with Gasteiger partial charge in [-0.2, -0.15) is 0 Å². The topological polar surface area (TPSA) is 91.3 Å². The van der Waals surface area contributed by atoms with Crippen molar-refractivity contribution >= 4 is 11.9 Å². The van der Waals surface area contributed by atoms with E-state index in [9.17, 15) is 14.7 Å². The summed E-state index contributed by atoms with van der Waals surface area (Å²) in [5, 5.41) is 9.52. The number of rotatable bonds is 8. The number of ether oxygens (including phenoxy) is 4. The SMILES string of the molecule is CC(=O)OC[C@@](C)(OCc1ccccc1)[C@@H]1OC(C)(C)O[C@H]([C@@H](C)C(=O)O)[C@@H]1C. The fraction of sp³-hybridized carbons (Fsp3) is 0.636. The van der Waals surface area contributed by atoms with Gasteiger partial charge >= 0.3 is 11.9 Å². The summed E-state index contributed by atoms with van der Waals surface area (Å²) in [5.41, 5.74) is -0.0330. The van der Waals surface area contributed by atoms with Gasteiger partial charge in [0.2, 0.25) is 0 Å². The highest BCUT2D eigenvalue weighted by Gasteiger charge is 2.52. The van der Waals surface area contributed by atoms with Crippen LogP contribution in [0.2, 0.25) is 0 Å². The van der Waals surface area contributed by atoms with Gasteiger partial charge in [0.05, 0.1) is 24.7 Å². The number of aliphatic carboxylic acids is 1. The van der Waals surface area contributed by atoms with E-state index in [1.165, 1.54) is 6.92 Å². The molecule has 1 N–H and O–H groups in total. The first kappa shape index (κ1) is 23.3. The van der Waals surface area contributed by atoms with Crippen molar-refractivity contribution in [1.29, 1.82) is 0 Å². The maximum Gasteiger partial charge on any atom is 0.308 e. The van der Waals surface area contributed by atoms with Gasteiger partial charge in [-0.05, 0) is 33.3 Å². The van der Waals surface area contributed by atoms with E-state index in [1.54, 1.807) is 20.8 Å². The molecule has 0 radical (unpaired) electrons. The number of carboxylic acid groups (broad SMARTS) is 1. The van der Waals surface area contributed by atoms with E-state index < -0.39 is 41.5 Å². The second-order valence-corrected chi connectivity index (χ2v) is 8.37. The Morgan fingerprint density at radius 3 is 2.41 bits per heavy atom. The zero-order valence-corrected chi connectivity index (χ0v) is 18.0. The second-order valence-electron chi connectivity index (χ2n) is 8.37. The highest BCUT2D eigenvalue weighted by molar-refractivity contribution is 5.70. The van der Waals surface area contributed by atoms with Gasteiger partial charge in [-0.1, -0.05) is 37.3 Å². The zero-order chi connectivity index (χ0) is 21.8. The molecule has 0 bridgehead atoms. The Morgan fingerprint density at radius 1 is 1.24 bits per heavy atom. The van der Waals surface area contributed by atoms with E-state index in [-0.39, 0.29) is 12.5 Å². The first-order valence-electron chi connectivity index (χ1n) is 9.85. The van der Waals surface area contributed by atoms with Crippen LogP contribution in [-0.4, -0.2) is 47.2 Å². The Bertz CT molecular complexity index is 702. The van der Waals surface area contributed by atoms with Gasteiger partial charge in [0, 0.05) is 12.8 Å². The number of hydrogen-bond donors (Lipinski definition) is 1. The van der Waals surface area contributed by atoms with Crippen molar-refractivity contribution in [3.05, 3.63) is 35.9 Å². The molecule has 0 spiro atoms. The highest BCUT2D eigenvalue weighted by atomic mass is 16.7. The maximum atomic E-state index is 11.6. The Balaban J connectivity index is 2.32. The van der Waals surface area contributed by atoms with Crippen molar-refractivity contribution in [3.63, 3.8) is 0 Å². The number of esters is 1. The third-order valence-electron chi connectivity index (χ3n) is 5.28. The van der Waals surface area contributed by atoms with Crippen LogP contribution in [0.3, 0.4) is 0 Å². The van der Waals surface area contributed by atoms with Crippen molar-refractivity contribution < 1.29 is 33.6 Å². The number of hydrogen-bond acceptors (Lipinski definition) is 6. The summed E-state index contributed by atoms with van der Waals surface area (Å²) in [5.74, 6) is -3.42. The summed E-state index contributed by atoms with van der Waals surface area (Å²) >= 11 is 0. The van der Waals surface area contributed by atoms with Crippen molar-refractivity contribution in [2.75, 3.05) is 6.61 Å². The molecule has 1 aromatic rings. The first-order chi connectivity index (χ1) is 13.4. The Labute approximate surface area is 172 Å². The largest absolute Gasteiger partial charge is 0.481 e. The molecule has 1 aliphatic rings. The van der Waals surface area contributed by atoms with Crippen LogP contribution in [0, 0.1) is 11.8 Å². The zero-order valence-electron chi connectivity index (χ0n) is 18.0. The fourth-order valence-corrected chi connectivity index (χ4v) is 3.70. The van der Waals surface area contributed by atoms with Crippen molar-refractivity contribution in [2.24, 2.45) is 11.8 Å². The van der Waals surface area contributed by atoms with Crippen molar-refractivity contribution in [3.8, 4) is 0 Å². The van der Waals surface area contributed by atoms with E-state index in [2.05, 4.69) is 0 Å². The molecule has 7 nitrogen and oxygen atoms in total. The van der Waals surface area contributed by atoms with E-state index in [0.717, 1.165) is 5.56 Å². The molecule has 1 aliphatic heterocycles. The van der Waals surface area contributed by atoms with Gasteiger partial charge in [-0.15, -0.1) is 0 Å². The van der Waals surface area contributed by atoms with E-state index in [4.69, 9.17) is 18.9 Å². The number of carbonyl (C=O) groups is 2. The summed E-state index contributed by atoms with van der Waals surface area (Å²) in [6, 6.07) is 9.65. The number of carbonyl (C=O) groups excluding carboxylic acids is 1. The minimum Gasteiger partial charge on any atom is -0.481 e. The maximum absolute atomic E-state index is 11.6. The van der Waals surface area contributed by atoms with Crippen LogP contribution in [0.25, 0.3) is 0 Å². The molecule has 1 fully saturated rings. The quantitative estimate of drug-likeness (QED) is 0.659. The fourth-order valence-electron chi connectivity index (χ4n) is 3.70. The summed E-state index contributed by atoms with van der Waals surface area (Å²) in [6.45, 7) is 10.4. The lowest BCUT2D eigenvalue weighted by Gasteiger charge is -2.51. The Kier molecular flexibility index (Phi) is 7.43. The summed E-state index contributed by atoms with van der Waals surface area (Å²) < 4.78 is 23.7. The predicted molar refractivity (Wildman–Crippen MR) is 106 cm³/mol. The lowest BCUT2D eigenvalue weighted by Crippen LogP contribution is -2.62. The van der Waals surface area contributed by atoms with Gasteiger partial charge in [0.25, 0.3) is 0 Å². The monoisotopic (exact) mass is 408 g/mol. The molecule has 1 aromatic carbocycles. The molecule has 5 atom stereocenters. The molecule has 0 aliphatic carbocycles. The van der Waals surface area contributed by atoms with Crippen LogP contribution in [0.4, 0.5) is 0 Å². The molecule has 0 amide bonds. The van der Waals surface area contributed by atoms with E-state index >= 15 is 0 Å². The Hall–Kier alpha value is -1.96. The van der Waals surface area contributed by atoms with Crippen LogP contribution in [0.1, 0.15) is 47.1 Å². The molecule has 1 heterocycles. The second kappa shape index (κ2) is 9.24. The van der Waals surface area contributed by atoms with Crippen LogP contribution < -0.4 is 0 Å². The van der Waals surface area contributed by atoms with Crippen molar-refractivity contribution in [2.45, 2.75) is 71.7 Å². The van der Waals surface area contributed by atoms with Crippen LogP contribution in [-0.2, 0) is 35.1 Å². The third-order valence-corrected chi connectivity index (χ3v) is 5.28. The molecular formula is C22H32O7. The lowest BCUT2D eigenvalue weighted by molar-refractivity contribution is -0.356. The summed E-state index contributed by atoms with van der Waals surface area (Å²) in [7, 11) is 0. The summed E-state index contributed by atoms with van der Waals surface area (Å²) in [4.78, 5) is 23.1.